The van der Waals surface area contributed by atoms with Crippen LogP contribution in [0.4, 0.5) is 0 Å². The van der Waals surface area contributed by atoms with E-state index in [-0.39, 0.29) is 24.8 Å². The molecule has 0 bridgehead atoms. The second kappa shape index (κ2) is 7.65. The van der Waals surface area contributed by atoms with Crippen LogP contribution in [0, 0.1) is 0 Å². The van der Waals surface area contributed by atoms with E-state index in [0.29, 0.717) is 0 Å². The molecule has 0 amide bonds. The molecule has 0 nitrogen and oxygen atoms in total. The Morgan fingerprint density at radius 1 is 0.889 bits per heavy atom. The smallest absolute Gasteiger partial charge is 0.147 e. The van der Waals surface area contributed by atoms with E-state index in [2.05, 4.69) is 52.0 Å². The van der Waals surface area contributed by atoms with Gasteiger partial charge in [-0.2, -0.15) is 0 Å². The van der Waals surface area contributed by atoms with Gasteiger partial charge in [0, 0.05) is 0 Å². The van der Waals surface area contributed by atoms with Crippen molar-refractivity contribution in [3.63, 3.8) is 0 Å². The second-order valence-electron chi connectivity index (χ2n) is 4.91. The summed E-state index contributed by atoms with van der Waals surface area (Å²) in [6.45, 7) is 9.25. The van der Waals surface area contributed by atoms with Gasteiger partial charge in [-0.05, 0) is 0 Å². The van der Waals surface area contributed by atoms with Gasteiger partial charge in [0.15, 0.2) is 0 Å². The standard InChI is InChI=1S/2C6H7.C3H6.2ClH.Ti/c2*1-6-4-2-3-5-6;1-3-2;;;/h2*2,4H,3H2,1H3;1-2H3;2*1H;. The number of allylic oxidation sites excluding steroid dienone is 8. The van der Waals surface area contributed by atoms with Crippen LogP contribution in [0.5, 0.6) is 0 Å². The first kappa shape index (κ1) is 18.1. The third-order valence-corrected chi connectivity index (χ3v) is 8.75. The second-order valence-corrected chi connectivity index (χ2v) is 9.53. The van der Waals surface area contributed by atoms with E-state index >= 15 is 0 Å². The zero-order chi connectivity index (χ0) is 11.7. The maximum absolute atomic E-state index is 2.34. The van der Waals surface area contributed by atoms with Crippen LogP contribution in [0.25, 0.3) is 0 Å². The summed E-state index contributed by atoms with van der Waals surface area (Å²) in [6, 6.07) is 0. The van der Waals surface area contributed by atoms with Crippen LogP contribution in [0.15, 0.2) is 43.2 Å². The van der Waals surface area contributed by atoms with Crippen molar-refractivity contribution in [2.45, 2.75) is 40.5 Å². The third-order valence-electron chi connectivity index (χ3n) is 3.44. The van der Waals surface area contributed by atoms with E-state index < -0.39 is 17.4 Å². The van der Waals surface area contributed by atoms with E-state index in [0.717, 1.165) is 0 Å². The normalized spacial score (nSPS) is 16.9. The maximum Gasteiger partial charge on any atom is -0.147 e. The largest absolute Gasteiger partial charge is 0.147 e. The van der Waals surface area contributed by atoms with Crippen LogP contribution >= 0.6 is 24.8 Å². The average molecular weight is 321 g/mol. The predicted octanol–water partition coefficient (Wildman–Crippen LogP) is 5.13. The average Bonchev–Trinajstić information content (AvgIpc) is 2.79. The molecule has 0 spiro atoms. The molecule has 18 heavy (non-hydrogen) atoms. The van der Waals surface area contributed by atoms with E-state index in [1.165, 1.54) is 12.8 Å². The van der Waals surface area contributed by atoms with E-state index in [4.69, 9.17) is 0 Å². The number of halogens is 2. The van der Waals surface area contributed by atoms with Gasteiger partial charge in [-0.3, -0.25) is 0 Å². The van der Waals surface area contributed by atoms with Crippen molar-refractivity contribution in [2.75, 3.05) is 0 Å². The predicted molar refractivity (Wildman–Crippen MR) is 83.8 cm³/mol. The number of hydrogen-bond donors (Lipinski definition) is 0. The Labute approximate surface area is 129 Å². The molecule has 2 aliphatic carbocycles. The monoisotopic (exact) mass is 320 g/mol. The third kappa shape index (κ3) is 3.57. The Hall–Kier alpha value is 0.124. The first-order chi connectivity index (χ1) is 7.61. The zero-order valence-electron chi connectivity index (χ0n) is 11.5. The SMILES string of the molecule is CC1=[C]([Ti]([C]2=C(C)C=CC2)=[C](C)C)CC=C1.Cl.Cl. The topological polar surface area (TPSA) is 0 Å². The van der Waals surface area contributed by atoms with Crippen LogP contribution in [0.3, 0.4) is 0 Å². The van der Waals surface area contributed by atoms with Crippen LogP contribution in [0.2, 0.25) is 0 Å². The molecule has 0 atom stereocenters. The summed E-state index contributed by atoms with van der Waals surface area (Å²) < 4.78 is 5.24. The van der Waals surface area contributed by atoms with Crippen LogP contribution in [-0.2, 0) is 17.4 Å². The quantitative estimate of drug-likeness (QED) is 0.619. The summed E-state index contributed by atoms with van der Waals surface area (Å²) in [4.78, 5) is 0. The van der Waals surface area contributed by atoms with Crippen LogP contribution in [0.1, 0.15) is 40.5 Å². The van der Waals surface area contributed by atoms with Crippen molar-refractivity contribution in [1.29, 1.82) is 0 Å². The molecule has 0 saturated carbocycles. The molecule has 3 heteroatoms. The molecule has 0 saturated heterocycles. The fourth-order valence-electron chi connectivity index (χ4n) is 2.61. The van der Waals surface area contributed by atoms with Crippen molar-refractivity contribution in [3.8, 4) is 0 Å². The van der Waals surface area contributed by atoms with Gasteiger partial charge in [0.05, 0.1) is 0 Å². The van der Waals surface area contributed by atoms with Gasteiger partial charge in [-0.25, -0.2) is 0 Å². The fraction of sp³-hybridized carbons (Fsp3) is 0.400. The molecule has 0 radical (unpaired) electrons. The Morgan fingerprint density at radius 3 is 1.50 bits per heavy atom. The molecule has 100 valence electrons. The minimum Gasteiger partial charge on any atom is -0.147 e. The minimum atomic E-state index is -1.29. The summed E-state index contributed by atoms with van der Waals surface area (Å²) >= 11 is -1.29. The molecule has 0 unspecified atom stereocenters. The van der Waals surface area contributed by atoms with Crippen LogP contribution in [-0.4, -0.2) is 3.81 Å². The summed E-state index contributed by atoms with van der Waals surface area (Å²) in [5, 5.41) is 0. The maximum atomic E-state index is 2.34. The Bertz CT molecular complexity index is 435. The van der Waals surface area contributed by atoms with Gasteiger partial charge in [-0.1, -0.05) is 0 Å². The van der Waals surface area contributed by atoms with Crippen molar-refractivity contribution < 1.29 is 17.4 Å². The van der Waals surface area contributed by atoms with Gasteiger partial charge in [0.1, 0.15) is 0 Å². The van der Waals surface area contributed by atoms with Gasteiger partial charge < -0.3 is 0 Å². The summed E-state index contributed by atoms with van der Waals surface area (Å²) in [6.07, 6.45) is 11.7. The molecule has 2 aliphatic rings. The number of rotatable bonds is 2. The molecule has 0 aliphatic heterocycles. The summed E-state index contributed by atoms with van der Waals surface area (Å²) in [5.41, 5.74) is 3.09. The Balaban J connectivity index is 0.00000144. The first-order valence-electron chi connectivity index (χ1n) is 6.02. The van der Waals surface area contributed by atoms with E-state index in [9.17, 15) is 0 Å². The summed E-state index contributed by atoms with van der Waals surface area (Å²) in [5.74, 6) is 0. The minimum absolute atomic E-state index is 0. The van der Waals surface area contributed by atoms with Gasteiger partial charge in [0.25, 0.3) is 0 Å². The molecule has 0 heterocycles. The molecular weight excluding hydrogens is 299 g/mol. The first-order valence-corrected chi connectivity index (χ1v) is 8.36. The van der Waals surface area contributed by atoms with E-state index in [1.54, 1.807) is 22.7 Å². The van der Waals surface area contributed by atoms with E-state index in [1.807, 2.05) is 0 Å². The molecule has 0 N–H and O–H groups in total. The molecule has 0 aromatic carbocycles. The Kier molecular flexibility index (Phi) is 7.70. The summed E-state index contributed by atoms with van der Waals surface area (Å²) in [7, 11) is 0. The molecule has 0 aromatic heterocycles. The molecular formula is C15H22Cl2Ti. The van der Waals surface area contributed by atoms with Crippen molar-refractivity contribution in [3.05, 3.63) is 43.2 Å². The Morgan fingerprint density at radius 2 is 1.28 bits per heavy atom. The fourth-order valence-corrected chi connectivity index (χ4v) is 7.57. The van der Waals surface area contributed by atoms with Crippen molar-refractivity contribution >= 4 is 28.6 Å². The van der Waals surface area contributed by atoms with Crippen molar-refractivity contribution in [2.24, 2.45) is 0 Å². The molecule has 0 fully saturated rings. The van der Waals surface area contributed by atoms with Crippen molar-refractivity contribution in [1.82, 2.24) is 0 Å². The van der Waals surface area contributed by atoms with Gasteiger partial charge in [0.2, 0.25) is 0 Å². The number of hydrogen-bond acceptors (Lipinski definition) is 0. The molecule has 2 rings (SSSR count). The zero-order valence-corrected chi connectivity index (χ0v) is 14.7. The van der Waals surface area contributed by atoms with Gasteiger partial charge >= 0.3 is 105 Å². The van der Waals surface area contributed by atoms with Gasteiger partial charge in [-0.15, -0.1) is 24.8 Å². The molecule has 0 aromatic rings. The van der Waals surface area contributed by atoms with Crippen LogP contribution < -0.4 is 0 Å².